The van der Waals surface area contributed by atoms with Crippen molar-refractivity contribution >= 4 is 11.6 Å². The van der Waals surface area contributed by atoms with Gasteiger partial charge in [0.25, 0.3) is 0 Å². The van der Waals surface area contributed by atoms with Gasteiger partial charge in [0.15, 0.2) is 0 Å². The van der Waals surface area contributed by atoms with E-state index < -0.39 is 0 Å². The van der Waals surface area contributed by atoms with Crippen molar-refractivity contribution in [1.82, 2.24) is 9.97 Å². The van der Waals surface area contributed by atoms with Crippen molar-refractivity contribution in [3.8, 4) is 0 Å². The van der Waals surface area contributed by atoms with Crippen LogP contribution in [0.5, 0.6) is 0 Å². The Balaban J connectivity index is 2.36. The molecule has 1 saturated carbocycles. The van der Waals surface area contributed by atoms with Crippen molar-refractivity contribution in [3.05, 3.63) is 22.7 Å². The molecule has 1 aromatic rings. The number of nitrogens with zero attached hydrogens (tertiary/aromatic N) is 2. The first-order chi connectivity index (χ1) is 6.97. The zero-order valence-corrected chi connectivity index (χ0v) is 10.3. The minimum absolute atomic E-state index is 0.0467. The molecular weight excluding hydrogens is 208 g/mol. The van der Waals surface area contributed by atoms with Gasteiger partial charge in [0, 0.05) is 11.3 Å². The smallest absolute Gasteiger partial charge is 0.133 e. The maximum absolute atomic E-state index is 6.03. The number of aromatic nitrogens is 2. The van der Waals surface area contributed by atoms with E-state index in [0.29, 0.717) is 11.1 Å². The lowest BCUT2D eigenvalue weighted by atomic mass is 9.84. The Bertz CT molecular complexity index is 364. The van der Waals surface area contributed by atoms with Gasteiger partial charge in [-0.15, -0.1) is 0 Å². The van der Waals surface area contributed by atoms with E-state index >= 15 is 0 Å². The number of rotatable bonds is 1. The van der Waals surface area contributed by atoms with Crippen LogP contribution in [-0.4, -0.2) is 9.97 Å². The SMILES string of the molecule is CC(C)(C)c1cc(Cl)nc(C2CCC2)n1. The van der Waals surface area contributed by atoms with E-state index in [1.54, 1.807) is 0 Å². The van der Waals surface area contributed by atoms with E-state index in [2.05, 4.69) is 30.7 Å². The predicted molar refractivity (Wildman–Crippen MR) is 62.3 cm³/mol. The van der Waals surface area contributed by atoms with Gasteiger partial charge in [-0.3, -0.25) is 0 Å². The summed E-state index contributed by atoms with van der Waals surface area (Å²) in [5, 5.41) is 0.580. The summed E-state index contributed by atoms with van der Waals surface area (Å²) in [5.74, 6) is 1.49. The molecule has 3 heteroatoms. The first-order valence-electron chi connectivity index (χ1n) is 5.52. The second kappa shape index (κ2) is 3.75. The monoisotopic (exact) mass is 224 g/mol. The molecule has 0 N–H and O–H groups in total. The molecule has 0 spiro atoms. The summed E-state index contributed by atoms with van der Waals surface area (Å²) in [7, 11) is 0. The summed E-state index contributed by atoms with van der Waals surface area (Å²) < 4.78 is 0. The molecule has 1 fully saturated rings. The average molecular weight is 225 g/mol. The molecule has 0 unspecified atom stereocenters. The van der Waals surface area contributed by atoms with Gasteiger partial charge in [-0.25, -0.2) is 9.97 Å². The third-order valence-electron chi connectivity index (χ3n) is 2.95. The Morgan fingerprint density at radius 3 is 2.40 bits per heavy atom. The van der Waals surface area contributed by atoms with Crippen LogP contribution in [-0.2, 0) is 5.41 Å². The van der Waals surface area contributed by atoms with E-state index in [-0.39, 0.29) is 5.41 Å². The molecular formula is C12H17ClN2. The van der Waals surface area contributed by atoms with Gasteiger partial charge in [-0.2, -0.15) is 0 Å². The summed E-state index contributed by atoms with van der Waals surface area (Å²) in [6, 6.07) is 1.88. The van der Waals surface area contributed by atoms with E-state index in [1.165, 1.54) is 19.3 Å². The second-order valence-corrected chi connectivity index (χ2v) is 5.70. The maximum Gasteiger partial charge on any atom is 0.133 e. The minimum atomic E-state index is 0.0467. The zero-order valence-electron chi connectivity index (χ0n) is 9.55. The Labute approximate surface area is 96.1 Å². The molecule has 0 aromatic carbocycles. The second-order valence-electron chi connectivity index (χ2n) is 5.31. The van der Waals surface area contributed by atoms with E-state index in [1.807, 2.05) is 6.07 Å². The van der Waals surface area contributed by atoms with Crippen LogP contribution in [0.4, 0.5) is 0 Å². The van der Waals surface area contributed by atoms with Gasteiger partial charge >= 0.3 is 0 Å². The van der Waals surface area contributed by atoms with E-state index in [9.17, 15) is 0 Å². The van der Waals surface area contributed by atoms with Crippen molar-refractivity contribution in [2.45, 2.75) is 51.4 Å². The average Bonchev–Trinajstić information content (AvgIpc) is 1.97. The molecule has 1 heterocycles. The van der Waals surface area contributed by atoms with Crippen molar-refractivity contribution in [2.75, 3.05) is 0 Å². The van der Waals surface area contributed by atoms with Gasteiger partial charge in [0.05, 0.1) is 5.69 Å². The van der Waals surface area contributed by atoms with E-state index in [0.717, 1.165) is 11.5 Å². The van der Waals surface area contributed by atoms with Gasteiger partial charge in [-0.1, -0.05) is 38.8 Å². The van der Waals surface area contributed by atoms with Crippen molar-refractivity contribution in [2.24, 2.45) is 0 Å². The third-order valence-corrected chi connectivity index (χ3v) is 3.14. The van der Waals surface area contributed by atoms with Crippen LogP contribution in [0.25, 0.3) is 0 Å². The lowest BCUT2D eigenvalue weighted by Crippen LogP contribution is -2.19. The molecule has 0 amide bonds. The molecule has 2 nitrogen and oxygen atoms in total. The summed E-state index contributed by atoms with van der Waals surface area (Å²) in [5.41, 5.74) is 1.09. The van der Waals surface area contributed by atoms with Gasteiger partial charge < -0.3 is 0 Å². The van der Waals surface area contributed by atoms with Gasteiger partial charge in [0.2, 0.25) is 0 Å². The standard InChI is InChI=1S/C12H17ClN2/c1-12(2,3)9-7-10(13)15-11(14-9)8-5-4-6-8/h7-8H,4-6H2,1-3H3. The predicted octanol–water partition coefficient (Wildman–Crippen LogP) is 3.70. The van der Waals surface area contributed by atoms with Crippen molar-refractivity contribution < 1.29 is 0 Å². The molecule has 0 saturated heterocycles. The van der Waals surface area contributed by atoms with Crippen LogP contribution < -0.4 is 0 Å². The van der Waals surface area contributed by atoms with Gasteiger partial charge in [0.1, 0.15) is 11.0 Å². The molecule has 1 aliphatic carbocycles. The highest BCUT2D eigenvalue weighted by Gasteiger charge is 2.25. The molecule has 1 aromatic heterocycles. The molecule has 0 bridgehead atoms. The molecule has 0 atom stereocenters. The normalized spacial score (nSPS) is 17.6. The number of hydrogen-bond donors (Lipinski definition) is 0. The fourth-order valence-corrected chi connectivity index (χ4v) is 1.86. The summed E-state index contributed by atoms with van der Waals surface area (Å²) in [4.78, 5) is 8.95. The summed E-state index contributed by atoms with van der Waals surface area (Å²) in [6.07, 6.45) is 3.72. The molecule has 0 radical (unpaired) electrons. The zero-order chi connectivity index (χ0) is 11.1. The van der Waals surface area contributed by atoms with Crippen LogP contribution >= 0.6 is 11.6 Å². The number of hydrogen-bond acceptors (Lipinski definition) is 2. The number of halogens is 1. The Kier molecular flexibility index (Phi) is 2.72. The van der Waals surface area contributed by atoms with Crippen molar-refractivity contribution in [1.29, 1.82) is 0 Å². The first-order valence-corrected chi connectivity index (χ1v) is 5.89. The summed E-state index contributed by atoms with van der Waals surface area (Å²) >= 11 is 6.03. The molecule has 15 heavy (non-hydrogen) atoms. The minimum Gasteiger partial charge on any atom is -0.237 e. The van der Waals surface area contributed by atoms with Crippen LogP contribution in [0.2, 0.25) is 5.15 Å². The lowest BCUT2D eigenvalue weighted by Gasteiger charge is -2.26. The largest absolute Gasteiger partial charge is 0.237 e. The van der Waals surface area contributed by atoms with Crippen LogP contribution in [0.15, 0.2) is 6.07 Å². The molecule has 0 aliphatic heterocycles. The molecule has 82 valence electrons. The lowest BCUT2D eigenvalue weighted by molar-refractivity contribution is 0.397. The Morgan fingerprint density at radius 1 is 1.27 bits per heavy atom. The third kappa shape index (κ3) is 2.31. The fourth-order valence-electron chi connectivity index (χ4n) is 1.67. The quantitative estimate of drug-likeness (QED) is 0.680. The van der Waals surface area contributed by atoms with Crippen LogP contribution in [0, 0.1) is 0 Å². The highest BCUT2D eigenvalue weighted by Crippen LogP contribution is 2.35. The summed E-state index contributed by atoms with van der Waals surface area (Å²) in [6.45, 7) is 6.45. The Morgan fingerprint density at radius 2 is 1.93 bits per heavy atom. The first kappa shape index (κ1) is 10.9. The van der Waals surface area contributed by atoms with Gasteiger partial charge in [-0.05, 0) is 18.9 Å². The topological polar surface area (TPSA) is 25.8 Å². The fraction of sp³-hybridized carbons (Fsp3) is 0.667. The maximum atomic E-state index is 6.03. The highest BCUT2D eigenvalue weighted by molar-refractivity contribution is 6.29. The van der Waals surface area contributed by atoms with Crippen LogP contribution in [0.3, 0.4) is 0 Å². The highest BCUT2D eigenvalue weighted by atomic mass is 35.5. The van der Waals surface area contributed by atoms with Crippen molar-refractivity contribution in [3.63, 3.8) is 0 Å². The Hall–Kier alpha value is -0.630. The van der Waals surface area contributed by atoms with E-state index in [4.69, 9.17) is 11.6 Å². The molecule has 1 aliphatic rings. The van der Waals surface area contributed by atoms with Crippen LogP contribution in [0.1, 0.15) is 57.5 Å². The molecule has 2 rings (SSSR count).